The van der Waals surface area contributed by atoms with E-state index in [4.69, 9.17) is 4.84 Å². The van der Waals surface area contributed by atoms with Gasteiger partial charge in [-0.2, -0.15) is 0 Å². The van der Waals surface area contributed by atoms with E-state index in [9.17, 15) is 9.59 Å². The third-order valence-corrected chi connectivity index (χ3v) is 8.00. The zero-order valence-electron chi connectivity index (χ0n) is 25.6. The Morgan fingerprint density at radius 3 is 1.87 bits per heavy atom. The first-order chi connectivity index (χ1) is 18.6. The molecular formula is C32H63N3O3. The lowest BCUT2D eigenvalue weighted by Crippen LogP contribution is -2.44. The van der Waals surface area contributed by atoms with Gasteiger partial charge in [-0.15, -0.1) is 0 Å². The number of unbranched alkanes of at least 4 members (excludes halogenated alkanes) is 15. The summed E-state index contributed by atoms with van der Waals surface area (Å²) >= 11 is 0. The van der Waals surface area contributed by atoms with E-state index in [0.717, 1.165) is 58.0 Å². The van der Waals surface area contributed by atoms with Crippen LogP contribution in [0.25, 0.3) is 0 Å². The Hall–Kier alpha value is -1.14. The number of hydrogen-bond acceptors (Lipinski definition) is 4. The average Bonchev–Trinajstić information content (AvgIpc) is 2.91. The van der Waals surface area contributed by atoms with Crippen molar-refractivity contribution in [2.45, 2.75) is 154 Å². The molecule has 1 rings (SSSR count). The number of rotatable bonds is 26. The van der Waals surface area contributed by atoms with Crippen LogP contribution in [-0.2, 0) is 14.4 Å². The van der Waals surface area contributed by atoms with Crippen LogP contribution < -0.4 is 0 Å². The van der Waals surface area contributed by atoms with E-state index in [1.807, 2.05) is 14.1 Å². The largest absolute Gasteiger partial charge is 0.340 e. The number of carbonyl (C=O) groups excluding carboxylic acids is 2. The third kappa shape index (κ3) is 19.0. The van der Waals surface area contributed by atoms with E-state index >= 15 is 0 Å². The van der Waals surface area contributed by atoms with Gasteiger partial charge in [-0.25, -0.2) is 5.06 Å². The normalized spacial score (nSPS) is 15.8. The van der Waals surface area contributed by atoms with Gasteiger partial charge in [0.05, 0.1) is 6.61 Å². The van der Waals surface area contributed by atoms with Crippen LogP contribution in [0.3, 0.4) is 0 Å². The highest BCUT2D eigenvalue weighted by Crippen LogP contribution is 2.21. The average molecular weight is 538 g/mol. The summed E-state index contributed by atoms with van der Waals surface area (Å²) in [5, 5.41) is 1.47. The highest BCUT2D eigenvalue weighted by molar-refractivity contribution is 5.76. The minimum atomic E-state index is 0.250. The van der Waals surface area contributed by atoms with E-state index in [-0.39, 0.29) is 11.9 Å². The van der Waals surface area contributed by atoms with Crippen LogP contribution in [-0.4, -0.2) is 73.6 Å². The Morgan fingerprint density at radius 2 is 1.34 bits per heavy atom. The Labute approximate surface area is 236 Å². The smallest absolute Gasteiger partial charge is 0.233 e. The summed E-state index contributed by atoms with van der Waals surface area (Å²) in [5.41, 5.74) is 0. The maximum Gasteiger partial charge on any atom is 0.233 e. The van der Waals surface area contributed by atoms with Crippen LogP contribution in [0.1, 0.15) is 148 Å². The van der Waals surface area contributed by atoms with Crippen molar-refractivity contribution in [2.75, 3.05) is 40.3 Å². The van der Waals surface area contributed by atoms with Crippen LogP contribution in [0.2, 0.25) is 0 Å². The number of amides is 2. The number of hydroxylamine groups is 2. The molecule has 6 nitrogen and oxygen atoms in total. The summed E-state index contributed by atoms with van der Waals surface area (Å²) < 4.78 is 0. The van der Waals surface area contributed by atoms with Crippen LogP contribution in [0, 0.1) is 0 Å². The molecule has 0 saturated carbocycles. The van der Waals surface area contributed by atoms with E-state index in [2.05, 4.69) is 16.7 Å². The van der Waals surface area contributed by atoms with Gasteiger partial charge in [0.25, 0.3) is 0 Å². The van der Waals surface area contributed by atoms with Gasteiger partial charge in [-0.05, 0) is 59.2 Å². The molecule has 1 aliphatic rings. The van der Waals surface area contributed by atoms with Crippen LogP contribution in [0.5, 0.6) is 0 Å². The van der Waals surface area contributed by atoms with E-state index in [1.165, 1.54) is 101 Å². The minimum Gasteiger partial charge on any atom is -0.340 e. The first-order valence-electron chi connectivity index (χ1n) is 16.4. The van der Waals surface area contributed by atoms with Crippen molar-refractivity contribution in [1.29, 1.82) is 0 Å². The molecule has 1 saturated heterocycles. The molecule has 1 aliphatic heterocycles. The Morgan fingerprint density at radius 1 is 0.789 bits per heavy atom. The standard InChI is InChI=1S/C32H63N3O3/c1-4-5-6-7-8-9-10-11-12-13-14-15-16-17-18-20-27-34(30-36)38-29-25-31-23-19-21-28-35(31)32(37)24-22-26-33(2)3/h30-31H,4-29H2,1-3H3. The molecule has 0 aliphatic carbocycles. The molecular weight excluding hydrogens is 474 g/mol. The van der Waals surface area contributed by atoms with Crippen molar-refractivity contribution in [3.05, 3.63) is 0 Å². The van der Waals surface area contributed by atoms with E-state index in [1.54, 1.807) is 0 Å². The summed E-state index contributed by atoms with van der Waals surface area (Å²) in [6.45, 7) is 5.26. The number of nitrogens with zero attached hydrogens (tertiary/aromatic N) is 3. The summed E-state index contributed by atoms with van der Waals surface area (Å²) in [6, 6.07) is 0.250. The highest BCUT2D eigenvalue weighted by Gasteiger charge is 2.26. The van der Waals surface area contributed by atoms with Gasteiger partial charge < -0.3 is 9.80 Å². The summed E-state index contributed by atoms with van der Waals surface area (Å²) in [7, 11) is 4.09. The Balaban J connectivity index is 2.00. The third-order valence-electron chi connectivity index (χ3n) is 8.00. The quantitative estimate of drug-likeness (QED) is 0.0643. The fraction of sp³-hybridized carbons (Fsp3) is 0.938. The van der Waals surface area contributed by atoms with Gasteiger partial charge in [0.15, 0.2) is 0 Å². The molecule has 1 fully saturated rings. The second-order valence-corrected chi connectivity index (χ2v) is 11.8. The second-order valence-electron chi connectivity index (χ2n) is 11.8. The summed E-state index contributed by atoms with van der Waals surface area (Å²) in [4.78, 5) is 34.2. The molecule has 0 N–H and O–H groups in total. The van der Waals surface area contributed by atoms with Gasteiger partial charge >= 0.3 is 0 Å². The zero-order chi connectivity index (χ0) is 27.7. The molecule has 1 unspecified atom stereocenters. The molecule has 0 aromatic rings. The first kappa shape index (κ1) is 34.9. The lowest BCUT2D eigenvalue weighted by Gasteiger charge is -2.36. The van der Waals surface area contributed by atoms with Crippen molar-refractivity contribution in [1.82, 2.24) is 14.9 Å². The van der Waals surface area contributed by atoms with E-state index < -0.39 is 0 Å². The predicted molar refractivity (Wildman–Crippen MR) is 160 cm³/mol. The molecule has 2 amide bonds. The Kier molecular flexibility index (Phi) is 22.8. The number of carbonyl (C=O) groups is 2. The first-order valence-corrected chi connectivity index (χ1v) is 16.4. The van der Waals surface area contributed by atoms with Gasteiger partial charge in [0, 0.05) is 25.6 Å². The topological polar surface area (TPSA) is 53.1 Å². The van der Waals surface area contributed by atoms with Gasteiger partial charge in [-0.3, -0.25) is 14.4 Å². The van der Waals surface area contributed by atoms with Crippen molar-refractivity contribution in [3.63, 3.8) is 0 Å². The van der Waals surface area contributed by atoms with Crippen LogP contribution >= 0.6 is 0 Å². The molecule has 224 valence electrons. The van der Waals surface area contributed by atoms with Gasteiger partial charge in [-0.1, -0.05) is 103 Å². The molecule has 1 atom stereocenters. The SMILES string of the molecule is CCCCCCCCCCCCCCCCCCN(C=O)OCCC1CCCCN1C(=O)CCCN(C)C. The zero-order valence-corrected chi connectivity index (χ0v) is 25.6. The van der Waals surface area contributed by atoms with Crippen molar-refractivity contribution >= 4 is 12.3 Å². The fourth-order valence-electron chi connectivity index (χ4n) is 5.59. The van der Waals surface area contributed by atoms with Crippen LogP contribution in [0.15, 0.2) is 0 Å². The molecule has 1 heterocycles. The molecule has 0 radical (unpaired) electrons. The fourth-order valence-corrected chi connectivity index (χ4v) is 5.59. The molecule has 0 aromatic heterocycles. The van der Waals surface area contributed by atoms with Crippen molar-refractivity contribution in [3.8, 4) is 0 Å². The number of hydrogen-bond donors (Lipinski definition) is 0. The lowest BCUT2D eigenvalue weighted by atomic mass is 9.99. The van der Waals surface area contributed by atoms with Gasteiger partial charge in [0.2, 0.25) is 12.3 Å². The van der Waals surface area contributed by atoms with Crippen LogP contribution in [0.4, 0.5) is 0 Å². The Bertz CT molecular complexity index is 558. The van der Waals surface area contributed by atoms with Gasteiger partial charge in [0.1, 0.15) is 0 Å². The number of likely N-dealkylation sites (tertiary alicyclic amines) is 1. The second kappa shape index (κ2) is 24.9. The molecule has 38 heavy (non-hydrogen) atoms. The predicted octanol–water partition coefficient (Wildman–Crippen LogP) is 7.75. The molecule has 6 heteroatoms. The number of piperidine rings is 1. The van der Waals surface area contributed by atoms with E-state index in [0.29, 0.717) is 19.6 Å². The maximum atomic E-state index is 12.7. The van der Waals surface area contributed by atoms with Crippen molar-refractivity contribution < 1.29 is 14.4 Å². The highest BCUT2D eigenvalue weighted by atomic mass is 16.7. The molecule has 0 spiro atoms. The van der Waals surface area contributed by atoms with Crippen molar-refractivity contribution in [2.24, 2.45) is 0 Å². The summed E-state index contributed by atoms with van der Waals surface area (Å²) in [5.74, 6) is 0.275. The minimum absolute atomic E-state index is 0.250. The summed E-state index contributed by atoms with van der Waals surface area (Å²) in [6.07, 6.45) is 28.0. The lowest BCUT2D eigenvalue weighted by molar-refractivity contribution is -0.174. The molecule has 0 bridgehead atoms. The monoisotopic (exact) mass is 537 g/mol. The molecule has 0 aromatic carbocycles. The maximum absolute atomic E-state index is 12.7.